The Balaban J connectivity index is 1.82. The zero-order valence-corrected chi connectivity index (χ0v) is 35.2. The van der Waals surface area contributed by atoms with E-state index in [2.05, 4.69) is 50.1 Å². The van der Waals surface area contributed by atoms with Crippen molar-refractivity contribution in [1.29, 1.82) is 0 Å². The van der Waals surface area contributed by atoms with Gasteiger partial charge >= 0.3 is 23.9 Å². The molecule has 31 heteroatoms. The lowest BCUT2D eigenvalue weighted by Crippen LogP contribution is -2.65. The minimum absolute atomic E-state index is 0.100. The summed E-state index contributed by atoms with van der Waals surface area (Å²) < 4.78 is 75.6. The number of nitrogens with two attached hydrogens (primary N) is 1. The zero-order valence-electron chi connectivity index (χ0n) is 35.2. The van der Waals surface area contributed by atoms with E-state index in [1.54, 1.807) is 6.92 Å². The lowest BCUT2D eigenvalue weighted by Gasteiger charge is -2.47. The first-order valence-corrected chi connectivity index (χ1v) is 19.7. The molecular formula is C33H47FN16O14. The van der Waals surface area contributed by atoms with Crippen molar-refractivity contribution in [2.45, 2.75) is 165 Å². The van der Waals surface area contributed by atoms with Crippen LogP contribution in [0.25, 0.3) is 52.2 Å². The summed E-state index contributed by atoms with van der Waals surface area (Å²) in [6.07, 6.45) is -21.6. The van der Waals surface area contributed by atoms with Gasteiger partial charge in [-0.05, 0) is 40.5 Å². The Bertz CT molecular complexity index is 1940. The highest BCUT2D eigenvalue weighted by molar-refractivity contribution is 5.68. The van der Waals surface area contributed by atoms with E-state index in [1.165, 1.54) is 6.92 Å². The van der Waals surface area contributed by atoms with Crippen LogP contribution in [0.1, 0.15) is 54.4 Å². The fourth-order valence-electron chi connectivity index (χ4n) is 7.88. The highest BCUT2D eigenvalue weighted by Crippen LogP contribution is 2.41. The molecule has 3 heterocycles. The summed E-state index contributed by atoms with van der Waals surface area (Å²) in [7, 11) is 0. The third-order valence-electron chi connectivity index (χ3n) is 10.6. The molecule has 30 nitrogen and oxygen atoms in total. The Morgan fingerprint density at radius 1 is 0.594 bits per heavy atom. The van der Waals surface area contributed by atoms with Gasteiger partial charge < -0.3 is 53.1 Å². The number of esters is 4. The molecule has 0 aromatic heterocycles. The van der Waals surface area contributed by atoms with Gasteiger partial charge in [-0.1, -0.05) is 39.4 Å². The van der Waals surface area contributed by atoms with Crippen molar-refractivity contribution in [2.75, 3.05) is 13.1 Å². The highest BCUT2D eigenvalue weighted by Gasteiger charge is 2.58. The van der Waals surface area contributed by atoms with Gasteiger partial charge in [0.2, 0.25) is 0 Å². The van der Waals surface area contributed by atoms with E-state index in [0.29, 0.717) is 0 Å². The maximum atomic E-state index is 16.0. The van der Waals surface area contributed by atoms with Gasteiger partial charge in [-0.3, -0.25) is 19.2 Å². The van der Waals surface area contributed by atoms with Crippen LogP contribution >= 0.6 is 0 Å². The summed E-state index contributed by atoms with van der Waals surface area (Å²) in [5.41, 5.74) is 53.2. The lowest BCUT2D eigenvalue weighted by atomic mass is 9.83. The number of carbonyl (C=O) groups excluding carboxylic acids is 4. The maximum absolute atomic E-state index is 16.0. The topological polar surface area (TPSA) is 430 Å². The molecule has 2 N–H and O–H groups in total. The van der Waals surface area contributed by atoms with Crippen LogP contribution in [0.4, 0.5) is 4.39 Å². The Morgan fingerprint density at radius 3 is 1.61 bits per heavy atom. The third kappa shape index (κ3) is 12.4. The van der Waals surface area contributed by atoms with E-state index in [4.69, 9.17) is 64.2 Å². The fraction of sp³-hybridized carbons (Fsp3) is 0.879. The monoisotopic (exact) mass is 910 g/mol. The number of alkyl halides is 1. The summed E-state index contributed by atoms with van der Waals surface area (Å²) in [6, 6.07) is -5.86. The van der Waals surface area contributed by atoms with Crippen molar-refractivity contribution in [1.82, 2.24) is 0 Å². The van der Waals surface area contributed by atoms with Crippen LogP contribution < -0.4 is 5.73 Å². The van der Waals surface area contributed by atoms with Crippen molar-refractivity contribution < 1.29 is 70.9 Å². The van der Waals surface area contributed by atoms with Crippen LogP contribution in [-0.2, 0) is 66.5 Å². The summed E-state index contributed by atoms with van der Waals surface area (Å²) in [5.74, 6) is -4.47. The van der Waals surface area contributed by atoms with Gasteiger partial charge in [0.05, 0.1) is 49.5 Å². The number of ether oxygens (including phenoxy) is 10. The minimum atomic E-state index is -1.95. The van der Waals surface area contributed by atoms with Gasteiger partial charge in [-0.2, -0.15) is 0 Å². The van der Waals surface area contributed by atoms with Crippen LogP contribution in [0.2, 0.25) is 0 Å². The molecule has 0 aromatic rings. The van der Waals surface area contributed by atoms with Crippen molar-refractivity contribution in [3.8, 4) is 0 Å². The van der Waals surface area contributed by atoms with E-state index in [0.717, 1.165) is 27.7 Å². The predicted molar refractivity (Wildman–Crippen MR) is 207 cm³/mol. The maximum Gasteiger partial charge on any atom is 0.303 e. The Labute approximate surface area is 361 Å². The smallest absolute Gasteiger partial charge is 0.303 e. The fourth-order valence-corrected chi connectivity index (χ4v) is 7.88. The van der Waals surface area contributed by atoms with Gasteiger partial charge in [0, 0.05) is 58.2 Å². The molecule has 0 bridgehead atoms. The number of hydrogen-bond acceptors (Lipinski definition) is 20. The molecule has 1 aliphatic carbocycles. The molecule has 4 rings (SSSR count). The number of carbonyl (C=O) groups is 4. The first-order valence-electron chi connectivity index (χ1n) is 19.7. The van der Waals surface area contributed by atoms with Crippen molar-refractivity contribution in [2.24, 2.45) is 37.2 Å². The average Bonchev–Trinajstić information content (AvgIpc) is 3.54. The molecule has 19 atom stereocenters. The molecule has 1 saturated carbocycles. The van der Waals surface area contributed by atoms with E-state index in [1.807, 2.05) is 0 Å². The second kappa shape index (κ2) is 23.7. The molecular weight excluding hydrogens is 863 g/mol. The molecule has 350 valence electrons. The highest BCUT2D eigenvalue weighted by atomic mass is 19.1. The van der Waals surface area contributed by atoms with Crippen LogP contribution in [0.15, 0.2) is 25.6 Å². The zero-order chi connectivity index (χ0) is 47.2. The third-order valence-corrected chi connectivity index (χ3v) is 10.6. The van der Waals surface area contributed by atoms with Gasteiger partial charge in [0.25, 0.3) is 0 Å². The Hall–Kier alpha value is -5.92. The number of hydrogen-bond donors (Lipinski definition) is 1. The summed E-state index contributed by atoms with van der Waals surface area (Å²) in [5, 5.41) is 18.1. The van der Waals surface area contributed by atoms with Crippen LogP contribution in [0.3, 0.4) is 0 Å². The van der Waals surface area contributed by atoms with Gasteiger partial charge in [-0.25, -0.2) is 4.39 Å². The van der Waals surface area contributed by atoms with Crippen LogP contribution in [0, 0.1) is 5.92 Å². The van der Waals surface area contributed by atoms with Crippen molar-refractivity contribution in [3.63, 3.8) is 0 Å². The Morgan fingerprint density at radius 2 is 1.06 bits per heavy atom. The molecule has 0 unspecified atom stereocenters. The normalized spacial score (nSPS) is 37.9. The second-order valence-electron chi connectivity index (χ2n) is 14.8. The average molecular weight is 911 g/mol. The van der Waals surface area contributed by atoms with Crippen molar-refractivity contribution in [3.05, 3.63) is 52.2 Å². The molecule has 0 spiro atoms. The van der Waals surface area contributed by atoms with Crippen LogP contribution in [-0.4, -0.2) is 147 Å². The number of azide groups is 5. The minimum Gasteiger partial charge on any atom is -0.459 e. The first kappa shape index (κ1) is 50.7. The van der Waals surface area contributed by atoms with Gasteiger partial charge in [0.15, 0.2) is 37.2 Å². The molecule has 3 saturated heterocycles. The molecule has 0 amide bonds. The van der Waals surface area contributed by atoms with E-state index in [9.17, 15) is 35.8 Å². The molecule has 0 aromatic carbocycles. The SMILES string of the molecule is CC[C@H]1O[C@@H](O[C@@H]2[C@@H](OC(C)=O)[C@H](N=[N+]=[N-])C[C@H](N=[N+]=[N-])[C@H]2O[C@H]2O[C@H](CN=[N+]=[N-])[C@@H](C)[C@@H](F)[C@H]2N=[N+]=[N-])[C@H](OC(C)=O)[C@@H]1O[C@H]1O[C@@H](CN=[N+]=[N-])[C@@H](OC(C)=O)[C@H](OC(C)=O)[C@H]1N. The molecule has 3 aliphatic heterocycles. The predicted octanol–water partition coefficient (Wildman–Crippen LogP) is 3.82. The number of halogens is 1. The largest absolute Gasteiger partial charge is 0.459 e. The summed E-state index contributed by atoms with van der Waals surface area (Å²) >= 11 is 0. The Kier molecular flexibility index (Phi) is 18.8. The molecule has 0 radical (unpaired) electrons. The summed E-state index contributed by atoms with van der Waals surface area (Å²) in [4.78, 5) is 63.6. The first-order chi connectivity index (χ1) is 30.5. The number of nitrogens with zero attached hydrogens (tertiary/aromatic N) is 15. The molecule has 4 aliphatic rings. The van der Waals surface area contributed by atoms with Crippen molar-refractivity contribution >= 4 is 23.9 Å². The standard InChI is InChI=1S/C33H47FN16O14/c1-7-18-26(63-31-22(35)28(57-14(5)53)27(56-13(4)52)20(61-31)10-42-47-37)30(58-15(6)54)33(59-18)64-29-24(55-12(3)51)16(43-48-38)8-17(44-49-39)25(29)62-32-23(45-50-40)21(34)11(2)19(60-32)9-41-46-36/h11,16-33H,7-10,35H2,1-6H3/t11-,16-,17+,18-,19-,20+,21-,22-,23-,24+,25-,26-,27-,28-,29-,30-,31-,32-,33+/m1/s1. The quantitative estimate of drug-likeness (QED) is 0.0671. The molecule has 4 fully saturated rings. The van der Waals surface area contributed by atoms with Gasteiger partial charge in [0.1, 0.15) is 36.6 Å². The van der Waals surface area contributed by atoms with E-state index >= 15 is 4.39 Å². The molecule has 64 heavy (non-hydrogen) atoms. The van der Waals surface area contributed by atoms with Gasteiger partial charge in [-0.15, -0.1) is 0 Å². The van der Waals surface area contributed by atoms with Crippen LogP contribution in [0.5, 0.6) is 0 Å². The lowest BCUT2D eigenvalue weighted by molar-refractivity contribution is -0.299. The van der Waals surface area contributed by atoms with E-state index < -0.39 is 147 Å². The number of rotatable bonds is 18. The summed E-state index contributed by atoms with van der Waals surface area (Å²) in [6.45, 7) is 6.45. The van der Waals surface area contributed by atoms with E-state index in [-0.39, 0.29) is 19.4 Å². The second-order valence-corrected chi connectivity index (χ2v) is 14.8.